The lowest BCUT2D eigenvalue weighted by Crippen LogP contribution is -2.17. The molecule has 90 valence electrons. The van der Waals surface area contributed by atoms with Gasteiger partial charge in [0.15, 0.2) is 5.82 Å². The monoisotopic (exact) mass is 260 g/mol. The van der Waals surface area contributed by atoms with Gasteiger partial charge in [-0.2, -0.15) is 9.50 Å². The number of nitrogens with one attached hydrogen (secondary N) is 1. The fourth-order valence-electron chi connectivity index (χ4n) is 1.72. The predicted octanol–water partition coefficient (Wildman–Crippen LogP) is 2.05. The summed E-state index contributed by atoms with van der Waals surface area (Å²) < 4.78 is 1.25. The minimum atomic E-state index is -0.339. The fourth-order valence-corrected chi connectivity index (χ4v) is 1.85. The Morgan fingerprint density at radius 2 is 1.94 bits per heavy atom. The molecule has 0 atom stereocenters. The molecule has 6 heteroatoms. The molecule has 0 aliphatic heterocycles. The van der Waals surface area contributed by atoms with Crippen LogP contribution in [0.1, 0.15) is 5.69 Å². The largest absolute Gasteiger partial charge is 0.293 e. The molecule has 1 N–H and O–H groups in total. The second kappa shape index (κ2) is 3.96. The number of aromatic amines is 1. The van der Waals surface area contributed by atoms with E-state index in [1.165, 1.54) is 4.52 Å². The number of nitrogens with zero attached hydrogens (tertiary/aromatic N) is 3. The predicted molar refractivity (Wildman–Crippen MR) is 68.8 cm³/mol. The molecule has 5 nitrogen and oxygen atoms in total. The lowest BCUT2D eigenvalue weighted by atomic mass is 10.2. The van der Waals surface area contributed by atoms with Crippen molar-refractivity contribution in [3.05, 3.63) is 51.4 Å². The van der Waals surface area contributed by atoms with Gasteiger partial charge in [-0.1, -0.05) is 41.9 Å². The van der Waals surface area contributed by atoms with E-state index in [-0.39, 0.29) is 10.6 Å². The van der Waals surface area contributed by atoms with E-state index >= 15 is 0 Å². The van der Waals surface area contributed by atoms with Crippen LogP contribution >= 0.6 is 11.6 Å². The molecule has 0 spiro atoms. The van der Waals surface area contributed by atoms with E-state index in [0.717, 1.165) is 5.56 Å². The first-order chi connectivity index (χ1) is 8.66. The van der Waals surface area contributed by atoms with Crippen molar-refractivity contribution in [2.45, 2.75) is 6.92 Å². The normalized spacial score (nSPS) is 11.0. The van der Waals surface area contributed by atoms with Crippen LogP contribution in [0, 0.1) is 6.92 Å². The van der Waals surface area contributed by atoms with E-state index in [9.17, 15) is 4.79 Å². The van der Waals surface area contributed by atoms with Crippen LogP contribution in [0.4, 0.5) is 0 Å². The fraction of sp³-hybridized carbons (Fsp3) is 0.0833. The Hall–Kier alpha value is -2.14. The maximum atomic E-state index is 11.9. The molecule has 2 aromatic heterocycles. The first-order valence-corrected chi connectivity index (χ1v) is 5.75. The summed E-state index contributed by atoms with van der Waals surface area (Å²) in [6.07, 6.45) is 0. The third kappa shape index (κ3) is 1.60. The SMILES string of the molecule is Cc1nc2nc(-c3ccccc3)[nH]n2c(=O)c1Cl. The Bertz CT molecular complexity index is 776. The Labute approximate surface area is 107 Å². The van der Waals surface area contributed by atoms with Gasteiger partial charge in [0.1, 0.15) is 5.02 Å². The zero-order chi connectivity index (χ0) is 12.7. The number of halogens is 1. The summed E-state index contributed by atoms with van der Waals surface area (Å²) in [7, 11) is 0. The van der Waals surface area contributed by atoms with Gasteiger partial charge < -0.3 is 0 Å². The van der Waals surface area contributed by atoms with Gasteiger partial charge >= 0.3 is 0 Å². The molecule has 0 aliphatic rings. The van der Waals surface area contributed by atoms with E-state index < -0.39 is 0 Å². The van der Waals surface area contributed by atoms with Crippen molar-refractivity contribution >= 4 is 17.4 Å². The number of hydrogen-bond donors (Lipinski definition) is 1. The Morgan fingerprint density at radius 1 is 1.22 bits per heavy atom. The molecule has 0 unspecified atom stereocenters. The van der Waals surface area contributed by atoms with E-state index in [1.807, 2.05) is 30.3 Å². The van der Waals surface area contributed by atoms with Crippen molar-refractivity contribution in [1.29, 1.82) is 0 Å². The van der Waals surface area contributed by atoms with Crippen LogP contribution in [0.5, 0.6) is 0 Å². The van der Waals surface area contributed by atoms with Gasteiger partial charge in [0.05, 0.1) is 5.69 Å². The second-order valence-electron chi connectivity index (χ2n) is 3.89. The van der Waals surface area contributed by atoms with E-state index in [0.29, 0.717) is 17.3 Å². The Morgan fingerprint density at radius 3 is 2.67 bits per heavy atom. The van der Waals surface area contributed by atoms with Crippen molar-refractivity contribution in [1.82, 2.24) is 19.6 Å². The van der Waals surface area contributed by atoms with E-state index in [1.54, 1.807) is 6.92 Å². The number of fused-ring (bicyclic) bond motifs is 1. The molecular weight excluding hydrogens is 252 g/mol. The lowest BCUT2D eigenvalue weighted by molar-refractivity contribution is 0.892. The van der Waals surface area contributed by atoms with Gasteiger partial charge in [0, 0.05) is 5.56 Å². The van der Waals surface area contributed by atoms with Crippen molar-refractivity contribution < 1.29 is 0 Å². The highest BCUT2D eigenvalue weighted by atomic mass is 35.5. The smallest absolute Gasteiger partial charge is 0.271 e. The molecule has 2 heterocycles. The number of H-pyrrole nitrogens is 1. The molecule has 0 saturated heterocycles. The quantitative estimate of drug-likeness (QED) is 0.728. The Kier molecular flexibility index (Phi) is 2.41. The van der Waals surface area contributed by atoms with Crippen molar-refractivity contribution in [3.63, 3.8) is 0 Å². The number of aromatic nitrogens is 4. The van der Waals surface area contributed by atoms with Gasteiger partial charge in [-0.3, -0.25) is 9.89 Å². The van der Waals surface area contributed by atoms with Crippen LogP contribution in [-0.2, 0) is 0 Å². The number of hydrogen-bond acceptors (Lipinski definition) is 3. The third-order valence-electron chi connectivity index (χ3n) is 2.65. The van der Waals surface area contributed by atoms with Gasteiger partial charge in [-0.05, 0) is 6.92 Å². The molecule has 3 aromatic rings. The van der Waals surface area contributed by atoms with Gasteiger partial charge in [0.25, 0.3) is 11.3 Å². The number of benzene rings is 1. The van der Waals surface area contributed by atoms with Gasteiger partial charge in [0.2, 0.25) is 0 Å². The van der Waals surface area contributed by atoms with Crippen LogP contribution < -0.4 is 5.56 Å². The summed E-state index contributed by atoms with van der Waals surface area (Å²) in [6.45, 7) is 1.68. The van der Waals surface area contributed by atoms with Crippen LogP contribution in [0.15, 0.2) is 35.1 Å². The third-order valence-corrected chi connectivity index (χ3v) is 3.09. The van der Waals surface area contributed by atoms with Crippen LogP contribution in [0.3, 0.4) is 0 Å². The van der Waals surface area contributed by atoms with Crippen molar-refractivity contribution in [2.24, 2.45) is 0 Å². The van der Waals surface area contributed by atoms with Gasteiger partial charge in [-0.25, -0.2) is 4.98 Å². The molecule has 0 bridgehead atoms. The minimum absolute atomic E-state index is 0.107. The van der Waals surface area contributed by atoms with E-state index in [2.05, 4.69) is 15.1 Å². The van der Waals surface area contributed by atoms with Crippen LogP contribution in [-0.4, -0.2) is 19.6 Å². The first-order valence-electron chi connectivity index (χ1n) is 5.37. The molecule has 1 aromatic carbocycles. The molecule has 0 radical (unpaired) electrons. The van der Waals surface area contributed by atoms with Crippen LogP contribution in [0.25, 0.3) is 17.2 Å². The molecular formula is C12H9ClN4O. The topological polar surface area (TPSA) is 63.1 Å². The van der Waals surface area contributed by atoms with Crippen molar-refractivity contribution in [3.8, 4) is 11.4 Å². The maximum absolute atomic E-state index is 11.9. The summed E-state index contributed by atoms with van der Waals surface area (Å²) in [6, 6.07) is 9.51. The average Bonchev–Trinajstić information content (AvgIpc) is 2.81. The lowest BCUT2D eigenvalue weighted by Gasteiger charge is -1.95. The summed E-state index contributed by atoms with van der Waals surface area (Å²) >= 11 is 5.87. The highest BCUT2D eigenvalue weighted by Gasteiger charge is 2.11. The summed E-state index contributed by atoms with van der Waals surface area (Å²) in [4.78, 5) is 20.4. The summed E-state index contributed by atoms with van der Waals surface area (Å²) in [5.41, 5.74) is 1.03. The van der Waals surface area contributed by atoms with Crippen LogP contribution in [0.2, 0.25) is 5.02 Å². The molecule has 3 rings (SSSR count). The Balaban J connectivity index is 2.30. The summed E-state index contributed by atoms with van der Waals surface area (Å²) in [5, 5.41) is 3.00. The summed E-state index contributed by atoms with van der Waals surface area (Å²) in [5.74, 6) is 0.905. The molecule has 0 amide bonds. The zero-order valence-electron chi connectivity index (χ0n) is 9.51. The number of rotatable bonds is 1. The first kappa shape index (κ1) is 11.0. The zero-order valence-corrected chi connectivity index (χ0v) is 10.3. The highest BCUT2D eigenvalue weighted by Crippen LogP contribution is 2.15. The average molecular weight is 261 g/mol. The highest BCUT2D eigenvalue weighted by molar-refractivity contribution is 6.31. The van der Waals surface area contributed by atoms with Crippen molar-refractivity contribution in [2.75, 3.05) is 0 Å². The molecule has 18 heavy (non-hydrogen) atoms. The maximum Gasteiger partial charge on any atom is 0.293 e. The molecule has 0 fully saturated rings. The second-order valence-corrected chi connectivity index (χ2v) is 4.27. The molecule has 0 aliphatic carbocycles. The molecule has 0 saturated carbocycles. The van der Waals surface area contributed by atoms with Gasteiger partial charge in [-0.15, -0.1) is 0 Å². The standard InChI is InChI=1S/C12H9ClN4O/c1-7-9(13)11(18)17-12(14-7)15-10(16-17)8-5-3-2-4-6-8/h2-6H,1H3,(H,14,15,16). The minimum Gasteiger partial charge on any atom is -0.271 e. The number of aryl methyl sites for hydroxylation is 1. The van der Waals surface area contributed by atoms with E-state index in [4.69, 9.17) is 11.6 Å².